The van der Waals surface area contributed by atoms with Gasteiger partial charge in [-0.2, -0.15) is 0 Å². The quantitative estimate of drug-likeness (QED) is 0.865. The van der Waals surface area contributed by atoms with E-state index in [0.29, 0.717) is 18.3 Å². The molecule has 0 heterocycles. The maximum atomic E-state index is 11.8. The van der Waals surface area contributed by atoms with Crippen molar-refractivity contribution in [2.45, 2.75) is 49.6 Å². The van der Waals surface area contributed by atoms with Gasteiger partial charge in [0.1, 0.15) is 5.75 Å². The van der Waals surface area contributed by atoms with Gasteiger partial charge in [-0.05, 0) is 49.9 Å². The second-order valence-corrected chi connectivity index (χ2v) is 6.89. The molecule has 112 valence electrons. The molecule has 0 saturated heterocycles. The molecule has 6 heteroatoms. The Balaban J connectivity index is 1.98. The zero-order chi connectivity index (χ0) is 14.6. The van der Waals surface area contributed by atoms with Gasteiger partial charge in [-0.15, -0.1) is 0 Å². The second-order valence-electron chi connectivity index (χ2n) is 5.13. The Hall–Kier alpha value is -1.11. The Morgan fingerprint density at radius 1 is 1.20 bits per heavy atom. The summed E-state index contributed by atoms with van der Waals surface area (Å²) in [4.78, 5) is 0.261. The summed E-state index contributed by atoms with van der Waals surface area (Å²) in [6.45, 7) is 2.13. The van der Waals surface area contributed by atoms with Crippen LogP contribution in [0.5, 0.6) is 5.75 Å². The molecule has 1 aromatic carbocycles. The summed E-state index contributed by atoms with van der Waals surface area (Å²) in [7, 11) is -3.39. The summed E-state index contributed by atoms with van der Waals surface area (Å²) in [5.74, 6) is 0.709. The third-order valence-corrected chi connectivity index (χ3v) is 5.05. The summed E-state index contributed by atoms with van der Waals surface area (Å²) in [5.41, 5.74) is 5.86. The number of hydrogen-bond donors (Lipinski definition) is 2. The normalized spacial score (nSPS) is 23.5. The van der Waals surface area contributed by atoms with E-state index in [1.165, 1.54) is 0 Å². The molecule has 0 radical (unpaired) electrons. The Kier molecular flexibility index (Phi) is 5.01. The fraction of sp³-hybridized carbons (Fsp3) is 0.571. The first kappa shape index (κ1) is 15.3. The molecule has 0 unspecified atom stereocenters. The van der Waals surface area contributed by atoms with E-state index in [-0.39, 0.29) is 11.0 Å². The first-order valence-electron chi connectivity index (χ1n) is 7.03. The third kappa shape index (κ3) is 3.94. The lowest BCUT2D eigenvalue weighted by atomic mass is 9.94. The van der Waals surface area contributed by atoms with Crippen LogP contribution >= 0.6 is 0 Å². The van der Waals surface area contributed by atoms with Crippen molar-refractivity contribution >= 4 is 10.0 Å². The van der Waals surface area contributed by atoms with Gasteiger partial charge in [0.25, 0.3) is 0 Å². The Morgan fingerprint density at radius 3 is 2.35 bits per heavy atom. The van der Waals surface area contributed by atoms with Crippen LogP contribution in [0.15, 0.2) is 29.2 Å². The summed E-state index contributed by atoms with van der Waals surface area (Å²) >= 11 is 0. The molecular formula is C14H22N2O3S. The molecule has 1 aromatic rings. The highest BCUT2D eigenvalue weighted by atomic mass is 32.2. The summed E-state index contributed by atoms with van der Waals surface area (Å²) in [5, 5.41) is 0. The number of rotatable bonds is 5. The molecule has 1 saturated carbocycles. The highest BCUT2D eigenvalue weighted by Gasteiger charge is 2.20. The molecule has 0 spiro atoms. The maximum absolute atomic E-state index is 11.8. The topological polar surface area (TPSA) is 81.4 Å². The van der Waals surface area contributed by atoms with Crippen LogP contribution in [0.4, 0.5) is 0 Å². The monoisotopic (exact) mass is 298 g/mol. The summed E-state index contributed by atoms with van der Waals surface area (Å²) < 4.78 is 31.9. The summed E-state index contributed by atoms with van der Waals surface area (Å²) in [6.07, 6.45) is 4.07. The number of sulfonamides is 1. The molecule has 2 rings (SSSR count). The number of nitrogens with two attached hydrogens (primary N) is 1. The van der Waals surface area contributed by atoms with Crippen molar-refractivity contribution in [3.63, 3.8) is 0 Å². The van der Waals surface area contributed by atoms with Crippen molar-refractivity contribution in [1.29, 1.82) is 0 Å². The van der Waals surface area contributed by atoms with Gasteiger partial charge >= 0.3 is 0 Å². The number of benzene rings is 1. The Labute approximate surface area is 120 Å². The van der Waals surface area contributed by atoms with Crippen LogP contribution in [-0.4, -0.2) is 27.1 Å². The number of ether oxygens (including phenoxy) is 1. The molecular weight excluding hydrogens is 276 g/mol. The SMILES string of the molecule is CCNS(=O)(=O)c1ccc(OC2CCC(N)CC2)cc1. The molecule has 0 bridgehead atoms. The Bertz CT molecular complexity index is 520. The van der Waals surface area contributed by atoms with Gasteiger partial charge in [-0.1, -0.05) is 6.92 Å². The average molecular weight is 298 g/mol. The molecule has 0 aliphatic heterocycles. The standard InChI is InChI=1S/C14H22N2O3S/c1-2-16-20(17,18)14-9-7-13(8-10-14)19-12-5-3-11(15)4-6-12/h7-12,16H,2-6,15H2,1H3. The first-order valence-corrected chi connectivity index (χ1v) is 8.51. The number of nitrogens with one attached hydrogen (secondary N) is 1. The highest BCUT2D eigenvalue weighted by molar-refractivity contribution is 7.89. The van der Waals surface area contributed by atoms with Crippen LogP contribution in [-0.2, 0) is 10.0 Å². The minimum atomic E-state index is -3.39. The predicted octanol–water partition coefficient (Wildman–Crippen LogP) is 1.63. The Morgan fingerprint density at radius 2 is 1.80 bits per heavy atom. The van der Waals surface area contributed by atoms with Crippen LogP contribution in [0.25, 0.3) is 0 Å². The minimum absolute atomic E-state index is 0.186. The van der Waals surface area contributed by atoms with Gasteiger partial charge in [0.05, 0.1) is 11.0 Å². The van der Waals surface area contributed by atoms with Gasteiger partial charge < -0.3 is 10.5 Å². The van der Waals surface area contributed by atoms with E-state index in [1.54, 1.807) is 31.2 Å². The van der Waals surface area contributed by atoms with Crippen molar-refractivity contribution in [3.05, 3.63) is 24.3 Å². The molecule has 1 aliphatic carbocycles. The van der Waals surface area contributed by atoms with E-state index in [1.807, 2.05) is 0 Å². The molecule has 0 aromatic heterocycles. The zero-order valence-corrected chi connectivity index (χ0v) is 12.5. The maximum Gasteiger partial charge on any atom is 0.240 e. The molecule has 1 fully saturated rings. The lowest BCUT2D eigenvalue weighted by Gasteiger charge is -2.26. The zero-order valence-electron chi connectivity index (χ0n) is 11.7. The molecule has 5 nitrogen and oxygen atoms in total. The largest absolute Gasteiger partial charge is 0.490 e. The molecule has 1 aliphatic rings. The molecule has 20 heavy (non-hydrogen) atoms. The predicted molar refractivity (Wildman–Crippen MR) is 78.2 cm³/mol. The van der Waals surface area contributed by atoms with E-state index in [4.69, 9.17) is 10.5 Å². The lowest BCUT2D eigenvalue weighted by Crippen LogP contribution is -2.31. The summed E-state index contributed by atoms with van der Waals surface area (Å²) in [6, 6.07) is 6.85. The van der Waals surface area contributed by atoms with Crippen molar-refractivity contribution < 1.29 is 13.2 Å². The lowest BCUT2D eigenvalue weighted by molar-refractivity contribution is 0.147. The number of hydrogen-bond acceptors (Lipinski definition) is 4. The van der Waals surface area contributed by atoms with E-state index >= 15 is 0 Å². The molecule has 0 atom stereocenters. The fourth-order valence-corrected chi connectivity index (χ4v) is 3.41. The van der Waals surface area contributed by atoms with Crippen LogP contribution in [0.1, 0.15) is 32.6 Å². The fourth-order valence-electron chi connectivity index (χ4n) is 2.37. The average Bonchev–Trinajstić information content (AvgIpc) is 2.42. The smallest absolute Gasteiger partial charge is 0.240 e. The van der Waals surface area contributed by atoms with Crippen LogP contribution in [0, 0.1) is 0 Å². The van der Waals surface area contributed by atoms with Crippen LogP contribution in [0.3, 0.4) is 0 Å². The van der Waals surface area contributed by atoms with Crippen LogP contribution < -0.4 is 15.2 Å². The van der Waals surface area contributed by atoms with Crippen molar-refractivity contribution in [2.24, 2.45) is 5.73 Å². The van der Waals surface area contributed by atoms with Crippen molar-refractivity contribution in [2.75, 3.05) is 6.54 Å². The van der Waals surface area contributed by atoms with E-state index in [9.17, 15) is 8.42 Å². The van der Waals surface area contributed by atoms with E-state index in [2.05, 4.69) is 4.72 Å². The van der Waals surface area contributed by atoms with Gasteiger partial charge in [-0.3, -0.25) is 0 Å². The first-order chi connectivity index (χ1) is 9.51. The van der Waals surface area contributed by atoms with Gasteiger partial charge in [0.2, 0.25) is 10.0 Å². The van der Waals surface area contributed by atoms with E-state index in [0.717, 1.165) is 25.7 Å². The minimum Gasteiger partial charge on any atom is -0.490 e. The van der Waals surface area contributed by atoms with Crippen LogP contribution in [0.2, 0.25) is 0 Å². The van der Waals surface area contributed by atoms with E-state index < -0.39 is 10.0 Å². The van der Waals surface area contributed by atoms with Gasteiger partial charge in [-0.25, -0.2) is 13.1 Å². The molecule has 3 N–H and O–H groups in total. The highest BCUT2D eigenvalue weighted by Crippen LogP contribution is 2.24. The van der Waals surface area contributed by atoms with Crippen molar-refractivity contribution in [3.8, 4) is 5.75 Å². The molecule has 0 amide bonds. The van der Waals surface area contributed by atoms with Crippen molar-refractivity contribution in [1.82, 2.24) is 4.72 Å². The van der Waals surface area contributed by atoms with Gasteiger partial charge in [0.15, 0.2) is 0 Å². The van der Waals surface area contributed by atoms with Gasteiger partial charge in [0, 0.05) is 12.6 Å². The third-order valence-electron chi connectivity index (χ3n) is 3.49. The second kappa shape index (κ2) is 6.56.